The molecule has 7 rings (SSSR count). The van der Waals surface area contributed by atoms with Crippen molar-refractivity contribution in [3.05, 3.63) is 152 Å². The van der Waals surface area contributed by atoms with Crippen LogP contribution >= 0.6 is 0 Å². The van der Waals surface area contributed by atoms with Gasteiger partial charge in [0.1, 0.15) is 22.7 Å². The highest BCUT2D eigenvalue weighted by Crippen LogP contribution is 2.67. The molecule has 0 bridgehead atoms. The molecule has 0 unspecified atom stereocenters. The number of hydrogen-bond donors (Lipinski definition) is 0. The predicted molar refractivity (Wildman–Crippen MR) is 162 cm³/mol. The molecule has 1 fully saturated rings. The molecule has 6 aromatic rings. The van der Waals surface area contributed by atoms with Gasteiger partial charge in [-0.2, -0.15) is 0 Å². The topological polar surface area (TPSA) is 78.9 Å². The summed E-state index contributed by atoms with van der Waals surface area (Å²) < 4.78 is 22.1. The van der Waals surface area contributed by atoms with Crippen molar-refractivity contribution >= 4 is 21.9 Å². The summed E-state index contributed by atoms with van der Waals surface area (Å²) in [4.78, 5) is 26.0. The summed E-state index contributed by atoms with van der Waals surface area (Å²) in [7, 11) is 3.18. The highest BCUT2D eigenvalue weighted by Gasteiger charge is 2.54. The van der Waals surface area contributed by atoms with Gasteiger partial charge >= 0.3 is 11.3 Å². The molecule has 1 saturated carbocycles. The molecule has 1 aliphatic carbocycles. The van der Waals surface area contributed by atoms with Gasteiger partial charge < -0.3 is 18.3 Å². The lowest BCUT2D eigenvalue weighted by atomic mass is 9.49. The van der Waals surface area contributed by atoms with Gasteiger partial charge in [0.2, 0.25) is 0 Å². The number of ether oxygens (including phenoxy) is 2. The largest absolute Gasteiger partial charge is 0.497 e. The number of benzene rings is 4. The highest BCUT2D eigenvalue weighted by atomic mass is 16.5. The predicted octanol–water partition coefficient (Wildman–Crippen LogP) is 7.37. The van der Waals surface area contributed by atoms with Crippen LogP contribution in [0.3, 0.4) is 0 Å². The summed E-state index contributed by atoms with van der Waals surface area (Å²) >= 11 is 0. The highest BCUT2D eigenvalue weighted by molar-refractivity contribution is 5.85. The fraction of sp³-hybridized carbons (Fsp3) is 0.167. The monoisotopic (exact) mass is 556 g/mol. The summed E-state index contributed by atoms with van der Waals surface area (Å²) in [5.41, 5.74) is 4.23. The first-order chi connectivity index (χ1) is 20.6. The summed E-state index contributed by atoms with van der Waals surface area (Å²) in [5.74, 6) is 0.977. The standard InChI is InChI=1S/C36H28O6/c1-39-23-13-15-25-27(19-31(37)41-29(25)17-23)35-33(21-9-5-3-6-10-21)36(34(35)22-11-7-4-8-12-22)28-20-32(38)42-30-18-24(40-2)14-16-26(28)30/h3-20,33-36H,1-2H3. The summed E-state index contributed by atoms with van der Waals surface area (Å²) in [6.45, 7) is 0. The molecule has 0 amide bonds. The van der Waals surface area contributed by atoms with Gasteiger partial charge in [0, 0.05) is 35.0 Å². The molecule has 208 valence electrons. The number of fused-ring (bicyclic) bond motifs is 2. The Morgan fingerprint density at radius 3 is 1.29 bits per heavy atom. The third-order valence-corrected chi connectivity index (χ3v) is 8.60. The van der Waals surface area contributed by atoms with E-state index < -0.39 is 11.3 Å². The summed E-state index contributed by atoms with van der Waals surface area (Å²) in [6.07, 6.45) is 0. The average molecular weight is 557 g/mol. The Morgan fingerprint density at radius 1 is 0.500 bits per heavy atom. The molecular weight excluding hydrogens is 528 g/mol. The Morgan fingerprint density at radius 2 is 0.905 bits per heavy atom. The molecule has 0 atom stereocenters. The molecule has 42 heavy (non-hydrogen) atoms. The minimum atomic E-state index is -0.411. The fourth-order valence-electron chi connectivity index (χ4n) is 6.84. The van der Waals surface area contributed by atoms with Crippen LogP contribution in [0.4, 0.5) is 0 Å². The lowest BCUT2D eigenvalue weighted by Gasteiger charge is -2.54. The smallest absolute Gasteiger partial charge is 0.336 e. The van der Waals surface area contributed by atoms with Crippen molar-refractivity contribution in [1.82, 2.24) is 0 Å². The van der Waals surface area contributed by atoms with E-state index in [9.17, 15) is 9.59 Å². The average Bonchev–Trinajstić information content (AvgIpc) is 3.00. The first-order valence-corrected chi connectivity index (χ1v) is 13.9. The van der Waals surface area contributed by atoms with E-state index in [0.717, 1.165) is 33.0 Å². The van der Waals surface area contributed by atoms with Crippen LogP contribution in [-0.4, -0.2) is 14.2 Å². The molecule has 0 radical (unpaired) electrons. The van der Waals surface area contributed by atoms with E-state index >= 15 is 0 Å². The molecule has 0 saturated heterocycles. The van der Waals surface area contributed by atoms with Crippen LogP contribution in [0.1, 0.15) is 45.9 Å². The van der Waals surface area contributed by atoms with Crippen LogP contribution in [0.2, 0.25) is 0 Å². The van der Waals surface area contributed by atoms with Crippen LogP contribution in [-0.2, 0) is 0 Å². The molecular formula is C36H28O6. The van der Waals surface area contributed by atoms with E-state index in [0.29, 0.717) is 22.7 Å². The van der Waals surface area contributed by atoms with Crippen LogP contribution in [0, 0.1) is 0 Å². The molecule has 6 heteroatoms. The van der Waals surface area contributed by atoms with Crippen molar-refractivity contribution < 1.29 is 18.3 Å². The number of rotatable bonds is 6. The second-order valence-electron chi connectivity index (χ2n) is 10.7. The first-order valence-electron chi connectivity index (χ1n) is 13.9. The first kappa shape index (κ1) is 25.8. The van der Waals surface area contributed by atoms with Crippen molar-refractivity contribution in [2.24, 2.45) is 0 Å². The van der Waals surface area contributed by atoms with Crippen molar-refractivity contribution in [3.63, 3.8) is 0 Å². The summed E-state index contributed by atoms with van der Waals surface area (Å²) in [6, 6.07) is 35.1. The van der Waals surface area contributed by atoms with E-state index in [1.54, 1.807) is 38.5 Å². The van der Waals surface area contributed by atoms with E-state index in [1.807, 2.05) is 60.7 Å². The number of hydrogen-bond acceptors (Lipinski definition) is 6. The Balaban J connectivity index is 1.52. The lowest BCUT2D eigenvalue weighted by molar-refractivity contribution is 0.230. The Hall–Kier alpha value is -5.10. The van der Waals surface area contributed by atoms with Crippen molar-refractivity contribution in [3.8, 4) is 11.5 Å². The zero-order chi connectivity index (χ0) is 28.8. The molecule has 2 heterocycles. The quantitative estimate of drug-likeness (QED) is 0.199. The Bertz CT molecular complexity index is 1870. The van der Waals surface area contributed by atoms with Gasteiger partial charge in [-0.25, -0.2) is 9.59 Å². The van der Waals surface area contributed by atoms with E-state index in [2.05, 4.69) is 24.3 Å². The molecule has 0 N–H and O–H groups in total. The molecule has 0 aliphatic heterocycles. The maximum Gasteiger partial charge on any atom is 0.336 e. The maximum atomic E-state index is 13.0. The third kappa shape index (κ3) is 4.27. The van der Waals surface area contributed by atoms with Gasteiger partial charge in [-0.05, 0) is 70.2 Å². The second-order valence-corrected chi connectivity index (χ2v) is 10.7. The lowest BCUT2D eigenvalue weighted by Crippen LogP contribution is -2.41. The van der Waals surface area contributed by atoms with E-state index in [4.69, 9.17) is 18.3 Å². The molecule has 0 spiro atoms. The van der Waals surface area contributed by atoms with E-state index in [-0.39, 0.29) is 23.7 Å². The van der Waals surface area contributed by atoms with Crippen molar-refractivity contribution in [2.45, 2.75) is 23.7 Å². The SMILES string of the molecule is COc1ccc2c(C3C(c4ccccc4)C(c4cc(=O)oc5cc(OC)ccc45)C3c3ccccc3)cc(=O)oc2c1. The van der Waals surface area contributed by atoms with Crippen LogP contribution in [0.15, 0.2) is 128 Å². The van der Waals surface area contributed by atoms with Crippen molar-refractivity contribution in [2.75, 3.05) is 14.2 Å². The van der Waals surface area contributed by atoms with Crippen LogP contribution in [0.5, 0.6) is 11.5 Å². The third-order valence-electron chi connectivity index (χ3n) is 8.60. The van der Waals surface area contributed by atoms with Gasteiger partial charge in [-0.3, -0.25) is 0 Å². The molecule has 1 aliphatic rings. The zero-order valence-corrected chi connectivity index (χ0v) is 23.2. The van der Waals surface area contributed by atoms with Gasteiger partial charge in [0.15, 0.2) is 0 Å². The minimum Gasteiger partial charge on any atom is -0.497 e. The number of methoxy groups -OCH3 is 2. The molecule has 2 aromatic heterocycles. The van der Waals surface area contributed by atoms with Gasteiger partial charge in [0.25, 0.3) is 0 Å². The van der Waals surface area contributed by atoms with Crippen LogP contribution in [0.25, 0.3) is 21.9 Å². The van der Waals surface area contributed by atoms with Gasteiger partial charge in [0.05, 0.1) is 14.2 Å². The fourth-order valence-corrected chi connectivity index (χ4v) is 6.84. The maximum absolute atomic E-state index is 13.0. The molecule has 6 nitrogen and oxygen atoms in total. The van der Waals surface area contributed by atoms with Crippen molar-refractivity contribution in [1.29, 1.82) is 0 Å². The Kier molecular flexibility index (Phi) is 6.39. The molecule has 4 aromatic carbocycles. The van der Waals surface area contributed by atoms with Crippen LogP contribution < -0.4 is 20.7 Å². The second kappa shape index (κ2) is 10.4. The Labute approximate surface area is 241 Å². The normalized spacial score (nSPS) is 19.9. The van der Waals surface area contributed by atoms with Gasteiger partial charge in [-0.1, -0.05) is 60.7 Å². The zero-order valence-electron chi connectivity index (χ0n) is 23.2. The summed E-state index contributed by atoms with van der Waals surface area (Å²) in [5, 5.41) is 1.73. The minimum absolute atomic E-state index is 0.0457. The van der Waals surface area contributed by atoms with E-state index in [1.165, 1.54) is 0 Å². The van der Waals surface area contributed by atoms with Gasteiger partial charge in [-0.15, -0.1) is 0 Å².